The molecule has 11 heteroatoms. The number of aliphatic hydroxyl groups excluding tert-OH is 2. The molecule has 4 N–H and O–H groups in total. The number of hydrogen-bond acceptors (Lipinski definition) is 6. The Kier molecular flexibility index (Phi) is 6.25. The van der Waals surface area contributed by atoms with Crippen molar-refractivity contribution in [2.45, 2.75) is 41.1 Å². The number of fused-ring (bicyclic) bond motifs is 2. The van der Waals surface area contributed by atoms with Crippen molar-refractivity contribution >= 4 is 33.0 Å². The SMILES string of the molecule is O=C(Nc1ccc(F)c(F)c1)c1ccc(Cl)c(S(=O)(=O)C2CC3C[C@H](O)[C@@H](C2)[C@@]3(O)CO)c1. The van der Waals surface area contributed by atoms with Gasteiger partial charge in [-0.05, 0) is 55.5 Å². The quantitative estimate of drug-likeness (QED) is 0.499. The molecule has 0 aliphatic heterocycles. The number of hydrogen-bond donors (Lipinski definition) is 4. The average Bonchev–Trinajstić information content (AvgIpc) is 2.89. The molecule has 178 valence electrons. The van der Waals surface area contributed by atoms with Crippen molar-refractivity contribution < 1.29 is 37.3 Å². The van der Waals surface area contributed by atoms with Crippen LogP contribution in [-0.2, 0) is 9.84 Å². The van der Waals surface area contributed by atoms with E-state index in [-0.39, 0.29) is 40.4 Å². The van der Waals surface area contributed by atoms with Gasteiger partial charge in [0.25, 0.3) is 5.91 Å². The van der Waals surface area contributed by atoms with Gasteiger partial charge in [0.05, 0.1) is 33.5 Å². The third-order valence-corrected chi connectivity index (χ3v) is 9.43. The lowest BCUT2D eigenvalue weighted by molar-refractivity contribution is -0.106. The zero-order valence-corrected chi connectivity index (χ0v) is 18.8. The Labute approximate surface area is 193 Å². The minimum atomic E-state index is -4.07. The molecule has 4 rings (SSSR count). The number of halogens is 3. The van der Waals surface area contributed by atoms with E-state index in [0.717, 1.165) is 24.3 Å². The molecule has 0 heterocycles. The maximum atomic E-state index is 13.4. The van der Waals surface area contributed by atoms with Gasteiger partial charge in [-0.1, -0.05) is 11.6 Å². The predicted octanol–water partition coefficient (Wildman–Crippen LogP) is 2.53. The van der Waals surface area contributed by atoms with Gasteiger partial charge in [-0.2, -0.15) is 0 Å². The van der Waals surface area contributed by atoms with Crippen molar-refractivity contribution in [2.24, 2.45) is 11.8 Å². The lowest BCUT2D eigenvalue weighted by Gasteiger charge is -2.41. The van der Waals surface area contributed by atoms with Crippen LogP contribution in [0.25, 0.3) is 0 Å². The Balaban J connectivity index is 1.61. The molecule has 2 aromatic carbocycles. The Morgan fingerprint density at radius 2 is 1.85 bits per heavy atom. The zero-order valence-electron chi connectivity index (χ0n) is 17.2. The third kappa shape index (κ3) is 4.15. The molecular formula is C22H22ClF2NO6S. The highest BCUT2D eigenvalue weighted by Gasteiger charge is 2.59. The number of carbonyl (C=O) groups excluding carboxylic acids is 1. The fraction of sp³-hybridized carbons (Fsp3) is 0.409. The van der Waals surface area contributed by atoms with Gasteiger partial charge < -0.3 is 20.6 Å². The van der Waals surface area contributed by atoms with Gasteiger partial charge in [0, 0.05) is 23.2 Å². The van der Waals surface area contributed by atoms with Crippen molar-refractivity contribution in [1.82, 2.24) is 0 Å². The van der Waals surface area contributed by atoms with Gasteiger partial charge in [-0.15, -0.1) is 0 Å². The molecule has 2 fully saturated rings. The molecule has 2 unspecified atom stereocenters. The molecule has 33 heavy (non-hydrogen) atoms. The molecule has 2 aliphatic carbocycles. The van der Waals surface area contributed by atoms with Crippen LogP contribution < -0.4 is 5.32 Å². The molecular weight excluding hydrogens is 480 g/mol. The number of aliphatic hydroxyl groups is 3. The topological polar surface area (TPSA) is 124 Å². The summed E-state index contributed by atoms with van der Waals surface area (Å²) in [4.78, 5) is 12.3. The monoisotopic (exact) mass is 501 g/mol. The fourth-order valence-corrected chi connectivity index (χ4v) is 7.35. The van der Waals surface area contributed by atoms with Crippen LogP contribution in [0.5, 0.6) is 0 Å². The predicted molar refractivity (Wildman–Crippen MR) is 116 cm³/mol. The summed E-state index contributed by atoms with van der Waals surface area (Å²) < 4.78 is 53.3. The summed E-state index contributed by atoms with van der Waals surface area (Å²) in [5.74, 6) is -4.38. The van der Waals surface area contributed by atoms with Crippen molar-refractivity contribution in [3.63, 3.8) is 0 Å². The van der Waals surface area contributed by atoms with E-state index in [9.17, 15) is 37.3 Å². The molecule has 1 amide bonds. The molecule has 2 aliphatic rings. The third-order valence-electron chi connectivity index (χ3n) is 6.77. The molecule has 2 aromatic rings. The average molecular weight is 502 g/mol. The summed E-state index contributed by atoms with van der Waals surface area (Å²) in [6.07, 6.45) is -0.804. The summed E-state index contributed by atoms with van der Waals surface area (Å²) in [6, 6.07) is 6.47. The first-order valence-corrected chi connectivity index (χ1v) is 12.2. The van der Waals surface area contributed by atoms with E-state index in [2.05, 4.69) is 5.32 Å². The normalized spacial score (nSPS) is 29.2. The lowest BCUT2D eigenvalue weighted by atomic mass is 9.74. The second-order valence-electron chi connectivity index (χ2n) is 8.62. The van der Waals surface area contributed by atoms with Crippen LogP contribution in [0.2, 0.25) is 5.02 Å². The van der Waals surface area contributed by atoms with Gasteiger partial charge in [-0.3, -0.25) is 4.79 Å². The Hall–Kier alpha value is -2.11. The van der Waals surface area contributed by atoms with Crippen LogP contribution in [0.15, 0.2) is 41.3 Å². The highest BCUT2D eigenvalue weighted by molar-refractivity contribution is 7.92. The number of rotatable bonds is 5. The molecule has 2 bridgehead atoms. The fourth-order valence-electron chi connectivity index (χ4n) is 4.97. The second kappa shape index (κ2) is 8.59. The van der Waals surface area contributed by atoms with Crippen LogP contribution in [0.3, 0.4) is 0 Å². The molecule has 0 radical (unpaired) electrons. The lowest BCUT2D eigenvalue weighted by Crippen LogP contribution is -2.51. The van der Waals surface area contributed by atoms with E-state index >= 15 is 0 Å². The molecule has 5 atom stereocenters. The van der Waals surface area contributed by atoms with E-state index in [1.54, 1.807) is 0 Å². The van der Waals surface area contributed by atoms with Gasteiger partial charge in [0.2, 0.25) is 0 Å². The molecule has 0 saturated heterocycles. The first-order chi connectivity index (χ1) is 15.5. The number of carbonyl (C=O) groups is 1. The van der Waals surface area contributed by atoms with Crippen LogP contribution in [0.4, 0.5) is 14.5 Å². The highest BCUT2D eigenvalue weighted by atomic mass is 35.5. The van der Waals surface area contributed by atoms with Crippen LogP contribution in [-0.4, -0.2) is 53.2 Å². The summed E-state index contributed by atoms with van der Waals surface area (Å²) in [5, 5.41) is 31.9. The summed E-state index contributed by atoms with van der Waals surface area (Å²) >= 11 is 6.16. The van der Waals surface area contributed by atoms with Crippen molar-refractivity contribution in [3.8, 4) is 0 Å². The van der Waals surface area contributed by atoms with Crippen LogP contribution >= 0.6 is 11.6 Å². The summed E-state index contributed by atoms with van der Waals surface area (Å²) in [7, 11) is -4.07. The highest BCUT2D eigenvalue weighted by Crippen LogP contribution is 2.52. The minimum absolute atomic E-state index is 0.0145. The van der Waals surface area contributed by atoms with Crippen molar-refractivity contribution in [3.05, 3.63) is 58.6 Å². The van der Waals surface area contributed by atoms with Gasteiger partial charge in [0.15, 0.2) is 21.5 Å². The molecule has 0 spiro atoms. The maximum Gasteiger partial charge on any atom is 0.255 e. The van der Waals surface area contributed by atoms with Crippen molar-refractivity contribution in [2.75, 3.05) is 11.9 Å². The Morgan fingerprint density at radius 3 is 2.48 bits per heavy atom. The smallest absolute Gasteiger partial charge is 0.255 e. The number of amides is 1. The number of benzene rings is 2. The first kappa shape index (κ1) is 24.0. The standard InChI is InChI=1S/C22H22ClF2NO6S/c23-16-3-1-11(21(29)26-13-2-4-17(24)18(25)8-13)5-20(16)33(31,32)14-6-12-7-19(28)15(9-14)22(12,30)10-27/h1-5,8,12,14-15,19,27-28,30H,6-7,9-10H2,(H,26,29)/t12?,14?,15-,19+,22-/m1/s1. The van der Waals surface area contributed by atoms with Crippen LogP contribution in [0.1, 0.15) is 29.6 Å². The van der Waals surface area contributed by atoms with Gasteiger partial charge in [-0.25, -0.2) is 17.2 Å². The number of anilines is 1. The summed E-state index contributed by atoms with van der Waals surface area (Å²) in [5.41, 5.74) is -1.62. The molecule has 0 aromatic heterocycles. The molecule has 7 nitrogen and oxygen atoms in total. The number of nitrogens with one attached hydrogen (secondary N) is 1. The van der Waals surface area contributed by atoms with E-state index in [1.165, 1.54) is 12.1 Å². The van der Waals surface area contributed by atoms with Crippen LogP contribution in [0, 0.1) is 23.5 Å². The van der Waals surface area contributed by atoms with E-state index in [0.29, 0.717) is 0 Å². The van der Waals surface area contributed by atoms with E-state index in [4.69, 9.17) is 11.6 Å². The number of sulfone groups is 1. The second-order valence-corrected chi connectivity index (χ2v) is 11.2. The molecule has 2 saturated carbocycles. The summed E-state index contributed by atoms with van der Waals surface area (Å²) in [6.45, 7) is -0.577. The first-order valence-electron chi connectivity index (χ1n) is 10.3. The van der Waals surface area contributed by atoms with E-state index in [1.807, 2.05) is 0 Å². The Morgan fingerprint density at radius 1 is 1.12 bits per heavy atom. The largest absolute Gasteiger partial charge is 0.393 e. The minimum Gasteiger partial charge on any atom is -0.393 e. The van der Waals surface area contributed by atoms with E-state index < -0.39 is 62.8 Å². The van der Waals surface area contributed by atoms with Gasteiger partial charge in [0.1, 0.15) is 0 Å². The zero-order chi connectivity index (χ0) is 24.1. The van der Waals surface area contributed by atoms with Gasteiger partial charge >= 0.3 is 0 Å². The van der Waals surface area contributed by atoms with Crippen molar-refractivity contribution in [1.29, 1.82) is 0 Å². The Bertz CT molecular complexity index is 1210. The maximum absolute atomic E-state index is 13.4.